The molecule has 0 fully saturated rings. The molecule has 0 atom stereocenters. The van der Waals surface area contributed by atoms with Gasteiger partial charge in [-0.15, -0.1) is 0 Å². The number of nitrogens with one attached hydrogen (secondary N) is 1. The third kappa shape index (κ3) is 3.54. The maximum absolute atomic E-state index is 12.2. The summed E-state index contributed by atoms with van der Waals surface area (Å²) in [5.41, 5.74) is 0.573. The Hall–Kier alpha value is -1.40. The molecule has 0 unspecified atom stereocenters. The van der Waals surface area contributed by atoms with Crippen LogP contribution < -0.4 is 5.32 Å². The summed E-state index contributed by atoms with van der Waals surface area (Å²) in [6.07, 6.45) is 4.32. The van der Waals surface area contributed by atoms with Crippen LogP contribution in [-0.2, 0) is 6.54 Å². The largest absolute Gasteiger partial charge is 0.342 e. The van der Waals surface area contributed by atoms with Gasteiger partial charge in [0.25, 0.3) is 5.91 Å². The summed E-state index contributed by atoms with van der Waals surface area (Å²) in [4.78, 5) is 19.9. The fourth-order valence-corrected chi connectivity index (χ4v) is 2.29. The number of aryl methyl sites for hydroxylation is 1. The fraction of sp³-hybridized carbons (Fsp3) is 0.250. The molecule has 0 spiro atoms. The standard InChI is InChI=1S/C12H12BrClN4O/c1-2-5-18-7-8(13)6-9(18)11(19)16-10-3-4-15-12(14)17-10/h3-4,6-7H,2,5H2,1H3,(H,15,16,17,19). The zero-order valence-corrected chi connectivity index (χ0v) is 12.6. The lowest BCUT2D eigenvalue weighted by molar-refractivity contribution is 0.101. The van der Waals surface area contributed by atoms with Gasteiger partial charge in [-0.2, -0.15) is 0 Å². The molecular formula is C12H12BrClN4O. The smallest absolute Gasteiger partial charge is 0.273 e. The van der Waals surface area contributed by atoms with Gasteiger partial charge in [-0.1, -0.05) is 6.92 Å². The van der Waals surface area contributed by atoms with Crippen LogP contribution in [0.4, 0.5) is 5.82 Å². The van der Waals surface area contributed by atoms with E-state index in [1.54, 1.807) is 12.1 Å². The van der Waals surface area contributed by atoms with Crippen LogP contribution in [0.3, 0.4) is 0 Å². The highest BCUT2D eigenvalue weighted by molar-refractivity contribution is 9.10. The Bertz CT molecular complexity index is 599. The van der Waals surface area contributed by atoms with E-state index in [9.17, 15) is 4.79 Å². The summed E-state index contributed by atoms with van der Waals surface area (Å²) in [7, 11) is 0. The molecule has 0 bridgehead atoms. The highest BCUT2D eigenvalue weighted by Crippen LogP contribution is 2.17. The number of hydrogen-bond acceptors (Lipinski definition) is 3. The topological polar surface area (TPSA) is 59.8 Å². The summed E-state index contributed by atoms with van der Waals surface area (Å²) in [5.74, 6) is 0.152. The van der Waals surface area contributed by atoms with Crippen LogP contribution in [0, 0.1) is 0 Å². The van der Waals surface area contributed by atoms with E-state index in [0.717, 1.165) is 17.4 Å². The molecule has 5 nitrogen and oxygen atoms in total. The first-order valence-electron chi connectivity index (χ1n) is 5.75. The van der Waals surface area contributed by atoms with E-state index in [0.29, 0.717) is 11.5 Å². The monoisotopic (exact) mass is 342 g/mol. The van der Waals surface area contributed by atoms with Gasteiger partial charge < -0.3 is 9.88 Å². The van der Waals surface area contributed by atoms with Crippen molar-refractivity contribution in [3.63, 3.8) is 0 Å². The Morgan fingerprint density at radius 3 is 3.05 bits per heavy atom. The number of anilines is 1. The first-order chi connectivity index (χ1) is 9.10. The van der Waals surface area contributed by atoms with Crippen LogP contribution in [0.25, 0.3) is 0 Å². The van der Waals surface area contributed by atoms with Crippen LogP contribution in [0.5, 0.6) is 0 Å². The molecule has 2 rings (SSSR count). The third-order valence-corrected chi connectivity index (χ3v) is 3.04. The molecule has 0 saturated carbocycles. The number of carbonyl (C=O) groups excluding carboxylic acids is 1. The van der Waals surface area contributed by atoms with Crippen molar-refractivity contribution < 1.29 is 4.79 Å². The Labute approximate surface area is 124 Å². The number of amides is 1. The quantitative estimate of drug-likeness (QED) is 0.866. The Balaban J connectivity index is 2.20. The second-order valence-corrected chi connectivity index (χ2v) is 5.16. The third-order valence-electron chi connectivity index (χ3n) is 2.43. The van der Waals surface area contributed by atoms with Crippen molar-refractivity contribution in [3.05, 3.63) is 40.0 Å². The van der Waals surface area contributed by atoms with E-state index in [1.165, 1.54) is 6.20 Å². The van der Waals surface area contributed by atoms with E-state index < -0.39 is 0 Å². The zero-order chi connectivity index (χ0) is 13.8. The van der Waals surface area contributed by atoms with Gasteiger partial charge in [0.05, 0.1) is 0 Å². The molecular weight excluding hydrogens is 332 g/mol. The average molecular weight is 344 g/mol. The van der Waals surface area contributed by atoms with Crippen LogP contribution >= 0.6 is 27.5 Å². The van der Waals surface area contributed by atoms with Crippen molar-refractivity contribution in [1.29, 1.82) is 0 Å². The molecule has 100 valence electrons. The Kier molecular flexibility index (Phi) is 4.55. The van der Waals surface area contributed by atoms with Gasteiger partial charge in [0.2, 0.25) is 5.28 Å². The van der Waals surface area contributed by atoms with Crippen molar-refractivity contribution in [1.82, 2.24) is 14.5 Å². The van der Waals surface area contributed by atoms with Gasteiger partial charge in [-0.25, -0.2) is 9.97 Å². The second-order valence-electron chi connectivity index (χ2n) is 3.90. The van der Waals surface area contributed by atoms with Crippen LogP contribution in [0.1, 0.15) is 23.8 Å². The van der Waals surface area contributed by atoms with Crippen molar-refractivity contribution in [2.24, 2.45) is 0 Å². The van der Waals surface area contributed by atoms with Crippen molar-refractivity contribution in [2.45, 2.75) is 19.9 Å². The number of carbonyl (C=O) groups is 1. The molecule has 0 aliphatic rings. The summed E-state index contributed by atoms with van der Waals surface area (Å²) >= 11 is 9.04. The van der Waals surface area contributed by atoms with Gasteiger partial charge >= 0.3 is 0 Å². The normalized spacial score (nSPS) is 10.5. The van der Waals surface area contributed by atoms with E-state index in [2.05, 4.69) is 38.1 Å². The lowest BCUT2D eigenvalue weighted by atomic mass is 10.3. The lowest BCUT2D eigenvalue weighted by Crippen LogP contribution is -2.17. The molecule has 0 aliphatic carbocycles. The number of rotatable bonds is 4. The maximum atomic E-state index is 12.2. The van der Waals surface area contributed by atoms with Crippen LogP contribution in [0.2, 0.25) is 5.28 Å². The SMILES string of the molecule is CCCn1cc(Br)cc1C(=O)Nc1ccnc(Cl)n1. The van der Waals surface area contributed by atoms with E-state index in [1.807, 2.05) is 10.8 Å². The van der Waals surface area contributed by atoms with E-state index >= 15 is 0 Å². The predicted molar refractivity (Wildman–Crippen MR) is 77.4 cm³/mol. The van der Waals surface area contributed by atoms with Crippen molar-refractivity contribution in [3.8, 4) is 0 Å². The number of halogens is 2. The minimum atomic E-state index is -0.228. The van der Waals surface area contributed by atoms with E-state index in [4.69, 9.17) is 11.6 Å². The van der Waals surface area contributed by atoms with Gasteiger partial charge in [0.1, 0.15) is 11.5 Å². The predicted octanol–water partition coefficient (Wildman–Crippen LogP) is 3.36. The molecule has 0 aromatic carbocycles. The average Bonchev–Trinajstić information content (AvgIpc) is 2.71. The van der Waals surface area contributed by atoms with Gasteiger partial charge in [0, 0.05) is 23.4 Å². The molecule has 0 radical (unpaired) electrons. The second kappa shape index (κ2) is 6.16. The van der Waals surface area contributed by atoms with Crippen LogP contribution in [-0.4, -0.2) is 20.4 Å². The fourth-order valence-electron chi connectivity index (χ4n) is 1.68. The van der Waals surface area contributed by atoms with Gasteiger partial charge in [-0.3, -0.25) is 4.79 Å². The van der Waals surface area contributed by atoms with Crippen molar-refractivity contribution in [2.75, 3.05) is 5.32 Å². The summed E-state index contributed by atoms with van der Waals surface area (Å²) in [6, 6.07) is 3.36. The van der Waals surface area contributed by atoms with E-state index in [-0.39, 0.29) is 11.2 Å². The Morgan fingerprint density at radius 2 is 2.37 bits per heavy atom. The molecule has 2 aromatic heterocycles. The first-order valence-corrected chi connectivity index (χ1v) is 6.93. The molecule has 1 N–H and O–H groups in total. The molecule has 7 heteroatoms. The molecule has 1 amide bonds. The number of nitrogens with zero attached hydrogens (tertiary/aromatic N) is 3. The highest BCUT2D eigenvalue weighted by atomic mass is 79.9. The summed E-state index contributed by atoms with van der Waals surface area (Å²) in [5, 5.41) is 2.79. The maximum Gasteiger partial charge on any atom is 0.273 e. The minimum absolute atomic E-state index is 0.0999. The molecule has 0 saturated heterocycles. The molecule has 2 heterocycles. The lowest BCUT2D eigenvalue weighted by Gasteiger charge is -2.08. The molecule has 0 aliphatic heterocycles. The summed E-state index contributed by atoms with van der Waals surface area (Å²) in [6.45, 7) is 2.83. The zero-order valence-electron chi connectivity index (χ0n) is 10.2. The molecule has 2 aromatic rings. The first kappa shape index (κ1) is 14.0. The van der Waals surface area contributed by atoms with Gasteiger partial charge in [0.15, 0.2) is 0 Å². The highest BCUT2D eigenvalue weighted by Gasteiger charge is 2.13. The molecule has 19 heavy (non-hydrogen) atoms. The van der Waals surface area contributed by atoms with Gasteiger partial charge in [-0.05, 0) is 46.1 Å². The number of aromatic nitrogens is 3. The Morgan fingerprint density at radius 1 is 1.58 bits per heavy atom. The van der Waals surface area contributed by atoms with Crippen molar-refractivity contribution >= 4 is 39.3 Å². The minimum Gasteiger partial charge on any atom is -0.342 e. The number of hydrogen-bond donors (Lipinski definition) is 1. The van der Waals surface area contributed by atoms with Crippen LogP contribution in [0.15, 0.2) is 29.0 Å². The summed E-state index contributed by atoms with van der Waals surface area (Å²) < 4.78 is 2.76.